The van der Waals surface area contributed by atoms with Crippen LogP contribution in [0.5, 0.6) is 5.88 Å². The molecule has 158 valence electrons. The SMILES string of the molecule is Cc1nc(COc2nc(C)n(-c3cc(-c4ncncc4C)ccc3Cl)c(=O)c2Cl)co1. The molecule has 31 heavy (non-hydrogen) atoms. The van der Waals surface area contributed by atoms with Crippen LogP contribution >= 0.6 is 23.2 Å². The first-order valence-corrected chi connectivity index (χ1v) is 10.0. The Morgan fingerprint density at radius 3 is 2.68 bits per heavy atom. The van der Waals surface area contributed by atoms with Gasteiger partial charge in [0.05, 0.1) is 16.4 Å². The molecule has 4 rings (SSSR count). The third kappa shape index (κ3) is 4.17. The molecule has 0 radical (unpaired) electrons. The largest absolute Gasteiger partial charge is 0.470 e. The molecule has 10 heteroatoms. The lowest BCUT2D eigenvalue weighted by molar-refractivity contribution is 0.287. The maximum Gasteiger partial charge on any atom is 0.280 e. The number of aryl methyl sites for hydroxylation is 3. The van der Waals surface area contributed by atoms with Crippen molar-refractivity contribution in [1.82, 2.24) is 24.5 Å². The van der Waals surface area contributed by atoms with Gasteiger partial charge >= 0.3 is 0 Å². The number of oxazole rings is 1. The number of nitrogens with zero attached hydrogens (tertiary/aromatic N) is 5. The van der Waals surface area contributed by atoms with Crippen molar-refractivity contribution < 1.29 is 9.15 Å². The highest BCUT2D eigenvalue weighted by Crippen LogP contribution is 2.29. The molecule has 3 aromatic heterocycles. The highest BCUT2D eigenvalue weighted by molar-refractivity contribution is 6.33. The van der Waals surface area contributed by atoms with Gasteiger partial charge in [-0.1, -0.05) is 29.3 Å². The van der Waals surface area contributed by atoms with Gasteiger partial charge < -0.3 is 9.15 Å². The first kappa shape index (κ1) is 21.0. The number of hydrogen-bond donors (Lipinski definition) is 0. The maximum absolute atomic E-state index is 13.1. The molecule has 0 N–H and O–H groups in total. The first-order valence-electron chi connectivity index (χ1n) is 9.25. The molecular weight excluding hydrogens is 441 g/mol. The van der Waals surface area contributed by atoms with Crippen molar-refractivity contribution in [3.05, 3.63) is 80.4 Å². The van der Waals surface area contributed by atoms with Crippen LogP contribution in [0, 0.1) is 20.8 Å². The molecule has 0 fully saturated rings. The number of ether oxygens (including phenoxy) is 1. The number of benzene rings is 1. The van der Waals surface area contributed by atoms with Crippen LogP contribution in [0.1, 0.15) is 23.0 Å². The van der Waals surface area contributed by atoms with Crippen LogP contribution in [0.3, 0.4) is 0 Å². The lowest BCUT2D eigenvalue weighted by atomic mass is 10.1. The predicted octanol–water partition coefficient (Wildman–Crippen LogP) is 4.49. The molecule has 1 aromatic carbocycles. The Bertz CT molecular complexity index is 1330. The Hall–Kier alpha value is -3.23. The van der Waals surface area contributed by atoms with E-state index in [2.05, 4.69) is 19.9 Å². The topological polar surface area (TPSA) is 95.9 Å². The molecule has 0 aliphatic heterocycles. The zero-order valence-electron chi connectivity index (χ0n) is 16.9. The van der Waals surface area contributed by atoms with Gasteiger partial charge in [0.2, 0.25) is 5.88 Å². The molecule has 0 aliphatic carbocycles. The number of halogens is 2. The van der Waals surface area contributed by atoms with Gasteiger partial charge in [-0.05, 0) is 31.5 Å². The van der Waals surface area contributed by atoms with E-state index >= 15 is 0 Å². The van der Waals surface area contributed by atoms with Gasteiger partial charge in [-0.15, -0.1) is 0 Å². The third-order valence-corrected chi connectivity index (χ3v) is 5.19. The first-order chi connectivity index (χ1) is 14.8. The van der Waals surface area contributed by atoms with Gasteiger partial charge in [0, 0.05) is 18.7 Å². The van der Waals surface area contributed by atoms with E-state index in [1.54, 1.807) is 32.2 Å². The fourth-order valence-corrected chi connectivity index (χ4v) is 3.49. The summed E-state index contributed by atoms with van der Waals surface area (Å²) < 4.78 is 12.1. The minimum absolute atomic E-state index is 0.0139. The highest BCUT2D eigenvalue weighted by atomic mass is 35.5. The van der Waals surface area contributed by atoms with Crippen molar-refractivity contribution >= 4 is 23.2 Å². The molecule has 4 aromatic rings. The summed E-state index contributed by atoms with van der Waals surface area (Å²) in [5.74, 6) is 0.886. The van der Waals surface area contributed by atoms with E-state index in [0.29, 0.717) is 28.1 Å². The number of rotatable bonds is 5. The fraction of sp³-hybridized carbons (Fsp3) is 0.190. The summed E-state index contributed by atoms with van der Waals surface area (Å²) in [5.41, 5.74) is 2.91. The van der Waals surface area contributed by atoms with Crippen molar-refractivity contribution in [3.63, 3.8) is 0 Å². The Morgan fingerprint density at radius 2 is 1.97 bits per heavy atom. The van der Waals surface area contributed by atoms with Crippen molar-refractivity contribution in [2.45, 2.75) is 27.4 Å². The quantitative estimate of drug-likeness (QED) is 0.435. The van der Waals surface area contributed by atoms with Crippen molar-refractivity contribution in [2.24, 2.45) is 0 Å². The van der Waals surface area contributed by atoms with E-state index in [-0.39, 0.29) is 17.5 Å². The van der Waals surface area contributed by atoms with Crippen molar-refractivity contribution in [1.29, 1.82) is 0 Å². The van der Waals surface area contributed by atoms with E-state index in [1.165, 1.54) is 17.2 Å². The second kappa shape index (κ2) is 8.49. The Morgan fingerprint density at radius 1 is 1.16 bits per heavy atom. The molecule has 0 unspecified atom stereocenters. The Balaban J connectivity index is 1.75. The molecule has 8 nitrogen and oxygen atoms in total. The molecule has 0 saturated heterocycles. The molecular formula is C21H17Cl2N5O3. The molecule has 0 amide bonds. The van der Waals surface area contributed by atoms with E-state index in [1.807, 2.05) is 13.0 Å². The van der Waals surface area contributed by atoms with Crippen LogP contribution < -0.4 is 10.3 Å². The number of hydrogen-bond acceptors (Lipinski definition) is 7. The summed E-state index contributed by atoms with van der Waals surface area (Å²) in [6.07, 6.45) is 4.65. The summed E-state index contributed by atoms with van der Waals surface area (Å²) in [7, 11) is 0. The van der Waals surface area contributed by atoms with Crippen LogP contribution in [-0.4, -0.2) is 24.5 Å². The molecule has 3 heterocycles. The van der Waals surface area contributed by atoms with Gasteiger partial charge in [0.15, 0.2) is 10.9 Å². The molecule has 0 bridgehead atoms. The predicted molar refractivity (Wildman–Crippen MR) is 116 cm³/mol. The lowest BCUT2D eigenvalue weighted by Crippen LogP contribution is -2.24. The number of aromatic nitrogens is 5. The smallest absolute Gasteiger partial charge is 0.280 e. The molecule has 0 atom stereocenters. The lowest BCUT2D eigenvalue weighted by Gasteiger charge is -2.15. The van der Waals surface area contributed by atoms with Crippen LogP contribution in [0.4, 0.5) is 0 Å². The average molecular weight is 458 g/mol. The van der Waals surface area contributed by atoms with Gasteiger partial charge in [0.1, 0.15) is 30.7 Å². The third-order valence-electron chi connectivity index (χ3n) is 4.54. The highest BCUT2D eigenvalue weighted by Gasteiger charge is 2.19. The van der Waals surface area contributed by atoms with Gasteiger partial charge in [-0.25, -0.2) is 15.0 Å². The van der Waals surface area contributed by atoms with Crippen LogP contribution in [0.2, 0.25) is 10.0 Å². The van der Waals surface area contributed by atoms with Crippen LogP contribution in [0.25, 0.3) is 16.9 Å². The summed E-state index contributed by atoms with van der Waals surface area (Å²) in [5, 5.41) is 0.204. The fourth-order valence-electron chi connectivity index (χ4n) is 3.11. The summed E-state index contributed by atoms with van der Waals surface area (Å²) >= 11 is 12.7. The monoisotopic (exact) mass is 457 g/mol. The van der Waals surface area contributed by atoms with E-state index in [0.717, 1.165) is 16.8 Å². The summed E-state index contributed by atoms with van der Waals surface area (Å²) in [6.45, 7) is 5.36. The van der Waals surface area contributed by atoms with E-state index in [9.17, 15) is 4.79 Å². The standard InChI is InChI=1S/C21H17Cl2N5O3/c1-11-7-24-10-25-19(11)14-4-5-16(22)17(6-14)28-12(2)26-20(18(23)21(28)29)31-9-15-8-30-13(3)27-15/h4-8,10H,9H2,1-3H3. The zero-order valence-corrected chi connectivity index (χ0v) is 18.4. The van der Waals surface area contributed by atoms with Crippen molar-refractivity contribution in [2.75, 3.05) is 0 Å². The minimum Gasteiger partial charge on any atom is -0.470 e. The molecule has 0 saturated carbocycles. The summed E-state index contributed by atoms with van der Waals surface area (Å²) in [6, 6.07) is 5.29. The van der Waals surface area contributed by atoms with Crippen molar-refractivity contribution in [3.8, 4) is 22.8 Å². The summed E-state index contributed by atoms with van der Waals surface area (Å²) in [4.78, 5) is 29.9. The maximum atomic E-state index is 13.1. The normalized spacial score (nSPS) is 11.0. The van der Waals surface area contributed by atoms with Gasteiger partial charge in [-0.3, -0.25) is 9.36 Å². The Labute approximate surface area is 187 Å². The molecule has 0 aliphatic rings. The molecule has 0 spiro atoms. The minimum atomic E-state index is -0.501. The van der Waals surface area contributed by atoms with Crippen LogP contribution in [-0.2, 0) is 6.61 Å². The van der Waals surface area contributed by atoms with Gasteiger partial charge in [-0.2, -0.15) is 4.98 Å². The average Bonchev–Trinajstić information content (AvgIpc) is 3.16. The second-order valence-electron chi connectivity index (χ2n) is 6.79. The second-order valence-corrected chi connectivity index (χ2v) is 7.57. The van der Waals surface area contributed by atoms with Crippen LogP contribution in [0.15, 0.2) is 46.2 Å². The van der Waals surface area contributed by atoms with Gasteiger partial charge in [0.25, 0.3) is 5.56 Å². The van der Waals surface area contributed by atoms with E-state index in [4.69, 9.17) is 32.4 Å². The Kier molecular flexibility index (Phi) is 5.75. The zero-order chi connectivity index (χ0) is 22.1. The van der Waals surface area contributed by atoms with E-state index < -0.39 is 5.56 Å².